The molecule has 0 amide bonds. The van der Waals surface area contributed by atoms with Gasteiger partial charge in [0.05, 0.1) is 39.1 Å². The molecule has 11 rings (SSSR count). The Morgan fingerprint density at radius 3 is 1.17 bits per heavy atom. The third-order valence-corrected chi connectivity index (χ3v) is 14.2. The number of rotatable bonds is 8. The van der Waals surface area contributed by atoms with Gasteiger partial charge < -0.3 is 27.5 Å². The summed E-state index contributed by atoms with van der Waals surface area (Å²) in [5, 5.41) is 4.68. The van der Waals surface area contributed by atoms with E-state index in [-0.39, 0.29) is 10.8 Å². The fourth-order valence-corrected chi connectivity index (χ4v) is 10.5. The van der Waals surface area contributed by atoms with Gasteiger partial charge >= 0.3 is 0 Å². The van der Waals surface area contributed by atoms with Gasteiger partial charge in [-0.25, -0.2) is 0 Å². The van der Waals surface area contributed by atoms with E-state index in [1.807, 2.05) is 48.9 Å². The Bertz CT molecular complexity index is 3490. The SMILES string of the molecule is Cc1cc(N(c2c(C)cc(-c3cc4ccccc4o3)cc2C)c2coc3ccc(C(C)(C)C)cc23)c(Cl)c(N(c2c(C)cc(-c3cc4ccccc4o3)cc2C)c2coc3ccc(C(C)(C)C)cc23)c1. The van der Waals surface area contributed by atoms with Gasteiger partial charge in [-0.15, -0.1) is 0 Å². The quantitative estimate of drug-likeness (QED) is 0.151. The number of aryl methyl sites for hydroxylation is 5. The van der Waals surface area contributed by atoms with Crippen LogP contribution >= 0.6 is 11.6 Å². The molecule has 0 aliphatic rings. The zero-order valence-electron chi connectivity index (χ0n) is 41.8. The lowest BCUT2D eigenvalue weighted by atomic mass is 9.86. The molecular formula is C63H57ClN2O4. The molecule has 0 saturated carbocycles. The highest BCUT2D eigenvalue weighted by molar-refractivity contribution is 6.37. The molecule has 7 heteroatoms. The van der Waals surface area contributed by atoms with Gasteiger partial charge in [-0.1, -0.05) is 102 Å². The first-order valence-corrected chi connectivity index (χ1v) is 24.4. The van der Waals surface area contributed by atoms with Gasteiger partial charge in [-0.05, 0) is 169 Å². The number of benzene rings is 7. The van der Waals surface area contributed by atoms with Crippen molar-refractivity contribution in [3.8, 4) is 22.6 Å². The summed E-state index contributed by atoms with van der Waals surface area (Å²) in [5.74, 6) is 1.64. The molecule has 4 heterocycles. The summed E-state index contributed by atoms with van der Waals surface area (Å²) in [5.41, 5.74) is 18.2. The second kappa shape index (κ2) is 16.6. The van der Waals surface area contributed by atoms with Crippen LogP contribution in [0.15, 0.2) is 164 Å². The molecule has 11 aromatic rings. The van der Waals surface area contributed by atoms with Crippen LogP contribution in [0.3, 0.4) is 0 Å². The summed E-state index contributed by atoms with van der Waals surface area (Å²) in [6, 6.07) is 46.8. The van der Waals surface area contributed by atoms with Crippen molar-refractivity contribution in [2.75, 3.05) is 9.80 Å². The molecule has 0 unspecified atom stereocenters. The first kappa shape index (κ1) is 45.1. The minimum absolute atomic E-state index is 0.0990. The number of furan rings is 4. The van der Waals surface area contributed by atoms with Crippen LogP contribution in [0.25, 0.3) is 66.5 Å². The maximum absolute atomic E-state index is 8.19. The zero-order valence-corrected chi connectivity index (χ0v) is 42.5. The zero-order chi connectivity index (χ0) is 49.0. The van der Waals surface area contributed by atoms with E-state index in [1.54, 1.807) is 0 Å². The minimum atomic E-state index is -0.0990. The van der Waals surface area contributed by atoms with Crippen molar-refractivity contribution in [1.29, 1.82) is 0 Å². The molecule has 0 atom stereocenters. The normalized spacial score (nSPS) is 12.3. The second-order valence-corrected chi connectivity index (χ2v) is 21.5. The van der Waals surface area contributed by atoms with Crippen LogP contribution in [-0.4, -0.2) is 0 Å². The maximum atomic E-state index is 8.19. The second-order valence-electron chi connectivity index (χ2n) is 21.2. The molecule has 7 aromatic carbocycles. The molecule has 350 valence electrons. The Hall–Kier alpha value is -7.41. The molecule has 6 nitrogen and oxygen atoms in total. The van der Waals surface area contributed by atoms with Gasteiger partial charge in [0, 0.05) is 32.7 Å². The Labute approximate surface area is 414 Å². The molecule has 0 saturated heterocycles. The highest BCUT2D eigenvalue weighted by Gasteiger charge is 2.31. The third-order valence-electron chi connectivity index (χ3n) is 13.8. The van der Waals surface area contributed by atoms with Crippen molar-refractivity contribution < 1.29 is 17.7 Å². The standard InChI is InChI=1S/C63H57ClN2O4/c1-36-24-49(65(51-34-67-55-22-20-45(32-47(51)55)62(6,7)8)60-37(2)26-43(27-38(60)3)57-30-41-16-12-14-18-53(41)69-57)59(64)50(25-36)66(52-35-68-56-23-21-46(33-48(52)56)63(9,10)11)61-39(4)28-44(29-40(61)5)58-31-42-17-13-15-19-54(42)70-58/h12-35H,1-11H3. The smallest absolute Gasteiger partial charge is 0.136 e. The highest BCUT2D eigenvalue weighted by Crippen LogP contribution is 2.53. The van der Waals surface area contributed by atoms with E-state index in [2.05, 4.69) is 183 Å². The maximum Gasteiger partial charge on any atom is 0.136 e. The number of para-hydroxylation sites is 2. The van der Waals surface area contributed by atoms with E-state index >= 15 is 0 Å². The number of fused-ring (bicyclic) bond motifs is 4. The molecule has 0 radical (unpaired) electrons. The van der Waals surface area contributed by atoms with E-state index in [9.17, 15) is 0 Å². The monoisotopic (exact) mass is 940 g/mol. The number of nitrogens with zero attached hydrogens (tertiary/aromatic N) is 2. The molecule has 0 bridgehead atoms. The highest BCUT2D eigenvalue weighted by atomic mass is 35.5. The largest absolute Gasteiger partial charge is 0.462 e. The Balaban J connectivity index is 1.17. The lowest BCUT2D eigenvalue weighted by Crippen LogP contribution is -2.17. The molecule has 0 N–H and O–H groups in total. The van der Waals surface area contributed by atoms with Crippen LogP contribution in [0, 0.1) is 34.6 Å². The average molecular weight is 942 g/mol. The summed E-state index contributed by atoms with van der Waals surface area (Å²) >= 11 is 8.19. The first-order chi connectivity index (χ1) is 33.4. The van der Waals surface area contributed by atoms with Gasteiger partial charge in [-0.2, -0.15) is 0 Å². The van der Waals surface area contributed by atoms with Crippen LogP contribution in [0.4, 0.5) is 34.1 Å². The van der Waals surface area contributed by atoms with Crippen molar-refractivity contribution in [1.82, 2.24) is 0 Å². The van der Waals surface area contributed by atoms with E-state index in [0.717, 1.165) is 128 Å². The molecule has 4 aromatic heterocycles. The molecule has 0 aliphatic heterocycles. The van der Waals surface area contributed by atoms with Crippen LogP contribution in [-0.2, 0) is 10.8 Å². The van der Waals surface area contributed by atoms with Crippen molar-refractivity contribution in [2.45, 2.75) is 87.0 Å². The van der Waals surface area contributed by atoms with Crippen LogP contribution < -0.4 is 9.80 Å². The Morgan fingerprint density at radius 1 is 0.414 bits per heavy atom. The lowest BCUT2D eigenvalue weighted by molar-refractivity contribution is 0.589. The van der Waals surface area contributed by atoms with E-state index < -0.39 is 0 Å². The molecular weight excluding hydrogens is 884 g/mol. The van der Waals surface area contributed by atoms with Crippen LogP contribution in [0.2, 0.25) is 5.02 Å². The number of anilines is 6. The fraction of sp³-hybridized carbons (Fsp3) is 0.206. The number of hydrogen-bond acceptors (Lipinski definition) is 6. The molecule has 0 spiro atoms. The minimum Gasteiger partial charge on any atom is -0.462 e. The van der Waals surface area contributed by atoms with Gasteiger partial charge in [0.1, 0.15) is 46.4 Å². The summed E-state index contributed by atoms with van der Waals surface area (Å²) < 4.78 is 25.8. The fourth-order valence-electron chi connectivity index (χ4n) is 10.3. The lowest BCUT2D eigenvalue weighted by Gasteiger charge is -2.33. The Morgan fingerprint density at radius 2 is 0.800 bits per heavy atom. The van der Waals surface area contributed by atoms with E-state index in [1.165, 1.54) is 11.1 Å². The molecule has 0 fully saturated rings. The van der Waals surface area contributed by atoms with Crippen molar-refractivity contribution >= 4 is 89.6 Å². The summed E-state index contributed by atoms with van der Waals surface area (Å²) in [6.45, 7) is 24.3. The van der Waals surface area contributed by atoms with Crippen molar-refractivity contribution in [3.63, 3.8) is 0 Å². The van der Waals surface area contributed by atoms with Crippen molar-refractivity contribution in [2.24, 2.45) is 0 Å². The summed E-state index contributed by atoms with van der Waals surface area (Å²) in [7, 11) is 0. The Kier molecular flexibility index (Phi) is 10.7. The predicted octanol–water partition coefficient (Wildman–Crippen LogP) is 19.7. The number of halogens is 1. The van der Waals surface area contributed by atoms with E-state index in [0.29, 0.717) is 5.02 Å². The summed E-state index contributed by atoms with van der Waals surface area (Å²) in [4.78, 5) is 4.61. The summed E-state index contributed by atoms with van der Waals surface area (Å²) in [6.07, 6.45) is 3.75. The average Bonchev–Trinajstić information content (AvgIpc) is 4.13. The first-order valence-electron chi connectivity index (χ1n) is 24.1. The van der Waals surface area contributed by atoms with Gasteiger partial charge in [0.25, 0.3) is 0 Å². The predicted molar refractivity (Wildman–Crippen MR) is 292 cm³/mol. The van der Waals surface area contributed by atoms with E-state index in [4.69, 9.17) is 29.3 Å². The third kappa shape index (κ3) is 7.75. The van der Waals surface area contributed by atoms with Gasteiger partial charge in [0.15, 0.2) is 0 Å². The molecule has 70 heavy (non-hydrogen) atoms. The molecule has 0 aliphatic carbocycles. The van der Waals surface area contributed by atoms with Crippen LogP contribution in [0.5, 0.6) is 0 Å². The number of hydrogen-bond donors (Lipinski definition) is 0. The topological polar surface area (TPSA) is 59.0 Å². The van der Waals surface area contributed by atoms with Gasteiger partial charge in [-0.3, -0.25) is 0 Å². The van der Waals surface area contributed by atoms with Crippen LogP contribution in [0.1, 0.15) is 80.5 Å². The van der Waals surface area contributed by atoms with Crippen molar-refractivity contribution in [3.05, 3.63) is 190 Å². The van der Waals surface area contributed by atoms with Gasteiger partial charge in [0.2, 0.25) is 0 Å².